The number of carboxylic acid groups (broad SMARTS) is 2. The highest BCUT2D eigenvalue weighted by molar-refractivity contribution is 6.30. The number of hydrogen-bond donors (Lipinski definition) is 5. The second-order valence-electron chi connectivity index (χ2n) is 11.0. The first-order chi connectivity index (χ1) is 20.4. The van der Waals surface area contributed by atoms with E-state index in [0.29, 0.717) is 39.8 Å². The van der Waals surface area contributed by atoms with Gasteiger partial charge in [0.2, 0.25) is 5.91 Å². The maximum Gasteiger partial charge on any atom is 0.303 e. The van der Waals surface area contributed by atoms with Crippen LogP contribution in [0.25, 0.3) is 18.2 Å². The van der Waals surface area contributed by atoms with Gasteiger partial charge in [-0.2, -0.15) is 0 Å². The molecule has 2 amide bonds. The largest absolute Gasteiger partial charge is 0.481 e. The standard InChI is InChI=1S/C33H38N4O6/c1-7-20-19(6)32(42)37-27(20)14-25-18(5)23(10-12-31(40)41)29(35-25)15-28-22(9-11-30(38)39)17(4)24(34-28)13-26-16(3)21(8-2)33(43)36-26/h7,13-15,19,34-35H,8-12H2,1-6H3,(H,37,42)(H,38,39)(H,40,41)/b20-7+,24-13-,27-14-,28-15-/i15+1. The van der Waals surface area contributed by atoms with Crippen LogP contribution in [0.2, 0.25) is 0 Å². The molecule has 2 aromatic rings. The first-order valence-corrected chi connectivity index (χ1v) is 14.4. The summed E-state index contributed by atoms with van der Waals surface area (Å²) in [4.78, 5) is 58.8. The summed E-state index contributed by atoms with van der Waals surface area (Å²) < 4.78 is 0. The molecule has 10 nitrogen and oxygen atoms in total. The van der Waals surface area contributed by atoms with Crippen LogP contribution in [0.3, 0.4) is 0 Å². The van der Waals surface area contributed by atoms with Gasteiger partial charge in [-0.05, 0) is 106 Å². The monoisotopic (exact) mass is 587 g/mol. The molecule has 10 heteroatoms. The van der Waals surface area contributed by atoms with E-state index >= 15 is 0 Å². The molecular weight excluding hydrogens is 549 g/mol. The van der Waals surface area contributed by atoms with Crippen molar-refractivity contribution in [2.24, 2.45) is 10.9 Å². The van der Waals surface area contributed by atoms with Crippen LogP contribution in [0.15, 0.2) is 33.5 Å². The smallest absolute Gasteiger partial charge is 0.303 e. The molecule has 5 N–H and O–H groups in total. The molecule has 0 aromatic carbocycles. The third-order valence-corrected chi connectivity index (χ3v) is 8.35. The van der Waals surface area contributed by atoms with Crippen molar-refractivity contribution in [1.29, 1.82) is 0 Å². The van der Waals surface area contributed by atoms with E-state index in [1.807, 2.05) is 65.8 Å². The fourth-order valence-corrected chi connectivity index (χ4v) is 5.77. The van der Waals surface area contributed by atoms with Crippen LogP contribution >= 0.6 is 0 Å². The Balaban J connectivity index is 1.91. The minimum Gasteiger partial charge on any atom is -0.481 e. The molecule has 0 aliphatic carbocycles. The van der Waals surface area contributed by atoms with Gasteiger partial charge in [0.05, 0.1) is 11.6 Å². The normalized spacial score (nSPS) is 19.8. The maximum absolute atomic E-state index is 12.3. The molecule has 0 radical (unpaired) electrons. The fourth-order valence-electron chi connectivity index (χ4n) is 5.77. The van der Waals surface area contributed by atoms with E-state index in [-0.39, 0.29) is 43.4 Å². The Labute approximate surface area is 249 Å². The molecule has 0 spiro atoms. The zero-order valence-corrected chi connectivity index (χ0v) is 25.4. The minimum atomic E-state index is -0.923. The number of amides is 2. The Hall–Kier alpha value is -4.73. The van der Waals surface area contributed by atoms with Gasteiger partial charge in [0.1, 0.15) is 0 Å². The molecule has 1 atom stereocenters. The number of rotatable bonds is 10. The van der Waals surface area contributed by atoms with Crippen LogP contribution in [0, 0.1) is 19.8 Å². The van der Waals surface area contributed by atoms with E-state index in [9.17, 15) is 29.4 Å². The predicted octanol–water partition coefficient (Wildman–Crippen LogP) is 3.36. The molecule has 43 heavy (non-hydrogen) atoms. The Morgan fingerprint density at radius 1 is 0.884 bits per heavy atom. The van der Waals surface area contributed by atoms with E-state index in [0.717, 1.165) is 39.1 Å². The van der Waals surface area contributed by atoms with E-state index in [2.05, 4.69) is 20.3 Å². The summed E-state index contributed by atoms with van der Waals surface area (Å²) in [5.41, 5.74) is 8.40. The van der Waals surface area contributed by atoms with Crippen LogP contribution in [0.1, 0.15) is 80.6 Å². The van der Waals surface area contributed by atoms with Crippen molar-refractivity contribution in [3.63, 3.8) is 0 Å². The van der Waals surface area contributed by atoms with Crippen LogP contribution in [-0.2, 0) is 32.0 Å². The first-order valence-electron chi connectivity index (χ1n) is 14.4. The molecule has 2 aromatic heterocycles. The van der Waals surface area contributed by atoms with Crippen molar-refractivity contribution in [2.45, 2.75) is 73.6 Å². The highest BCUT2D eigenvalue weighted by Gasteiger charge is 2.29. The van der Waals surface area contributed by atoms with Crippen molar-refractivity contribution in [1.82, 2.24) is 15.3 Å². The molecule has 4 rings (SSSR count). The fraction of sp³-hybridized carbons (Fsp3) is 0.364. The maximum atomic E-state index is 12.3. The number of aliphatic imine (C=N–C) groups is 1. The zero-order valence-electron chi connectivity index (χ0n) is 25.4. The second kappa shape index (κ2) is 12.6. The van der Waals surface area contributed by atoms with Crippen LogP contribution in [0.4, 0.5) is 0 Å². The van der Waals surface area contributed by atoms with E-state index < -0.39 is 11.9 Å². The number of aromatic nitrogens is 2. The van der Waals surface area contributed by atoms with Crippen molar-refractivity contribution in [3.8, 4) is 0 Å². The lowest BCUT2D eigenvalue weighted by molar-refractivity contribution is -0.138. The van der Waals surface area contributed by atoms with Crippen molar-refractivity contribution >= 4 is 47.7 Å². The van der Waals surface area contributed by atoms with Crippen LogP contribution in [-0.4, -0.2) is 49.6 Å². The lowest BCUT2D eigenvalue weighted by Crippen LogP contribution is -2.16. The van der Waals surface area contributed by atoms with Crippen molar-refractivity contribution in [3.05, 3.63) is 72.8 Å². The minimum absolute atomic E-state index is 0.0721. The van der Waals surface area contributed by atoms with Gasteiger partial charge < -0.3 is 25.5 Å². The molecule has 2 aliphatic rings. The van der Waals surface area contributed by atoms with Gasteiger partial charge in [-0.15, -0.1) is 0 Å². The Morgan fingerprint density at radius 2 is 1.53 bits per heavy atom. The molecule has 226 valence electrons. The van der Waals surface area contributed by atoms with Gasteiger partial charge in [0.25, 0.3) is 5.91 Å². The number of aliphatic carboxylic acids is 2. The Kier molecular flexibility index (Phi) is 9.18. The highest BCUT2D eigenvalue weighted by atomic mass is 16.4. The summed E-state index contributed by atoms with van der Waals surface area (Å²) in [6.45, 7) is 11.3. The average molecular weight is 588 g/mol. The summed E-state index contributed by atoms with van der Waals surface area (Å²) in [6.07, 6.45) is 8.45. The quantitative estimate of drug-likeness (QED) is 0.268. The van der Waals surface area contributed by atoms with Crippen molar-refractivity contribution in [2.75, 3.05) is 0 Å². The van der Waals surface area contributed by atoms with Gasteiger partial charge in [0, 0.05) is 46.2 Å². The summed E-state index contributed by atoms with van der Waals surface area (Å²) in [5, 5.41) is 23.2. The molecule has 1 saturated heterocycles. The number of allylic oxidation sites excluding steroid dienone is 3. The lowest BCUT2D eigenvalue weighted by Gasteiger charge is -2.03. The third kappa shape index (κ3) is 6.38. The first kappa shape index (κ1) is 31.2. The highest BCUT2D eigenvalue weighted by Crippen LogP contribution is 2.29. The molecule has 1 unspecified atom stereocenters. The van der Waals surface area contributed by atoms with Gasteiger partial charge in [-0.1, -0.05) is 13.0 Å². The number of nitrogens with one attached hydrogen (secondary N) is 3. The number of carbonyl (C=O) groups is 4. The SMILES string of the molecule is C/C=C1/C(=C/c2[nH]c(/[13CH]=c3\[nH]/c(=C\C4=NC(=O)C(CC)=C4C)c(C)c3CCC(=O)O)c(CCC(=O)O)c2C)NC(=O)C1C. The zero-order chi connectivity index (χ0) is 31.6. The summed E-state index contributed by atoms with van der Waals surface area (Å²) in [5.74, 6) is -2.44. The molecule has 4 heterocycles. The topological polar surface area (TPSA) is 165 Å². The van der Waals surface area contributed by atoms with Crippen LogP contribution < -0.4 is 16.0 Å². The van der Waals surface area contributed by atoms with E-state index in [4.69, 9.17) is 0 Å². The second-order valence-corrected chi connectivity index (χ2v) is 11.0. The third-order valence-electron chi connectivity index (χ3n) is 8.35. The number of nitrogens with zero attached hydrogens (tertiary/aromatic N) is 1. The number of hydrogen-bond acceptors (Lipinski definition) is 4. The lowest BCUT2D eigenvalue weighted by atomic mass is 10.0. The number of carbonyl (C=O) groups excluding carboxylic acids is 2. The van der Waals surface area contributed by atoms with Gasteiger partial charge in [0.15, 0.2) is 0 Å². The molecule has 2 aliphatic heterocycles. The van der Waals surface area contributed by atoms with Gasteiger partial charge in [-0.25, -0.2) is 4.99 Å². The summed E-state index contributed by atoms with van der Waals surface area (Å²) in [7, 11) is 0. The summed E-state index contributed by atoms with van der Waals surface area (Å²) in [6, 6.07) is 0. The molecule has 1 fully saturated rings. The molecule has 0 bridgehead atoms. The number of carboxylic acids is 2. The summed E-state index contributed by atoms with van der Waals surface area (Å²) >= 11 is 0. The Bertz CT molecular complexity index is 1780. The number of aromatic amines is 2. The predicted molar refractivity (Wildman–Crippen MR) is 165 cm³/mol. The average Bonchev–Trinajstić information content (AvgIpc) is 3.59. The number of H-pyrrole nitrogens is 2. The van der Waals surface area contributed by atoms with Crippen molar-refractivity contribution < 1.29 is 29.4 Å². The molecule has 0 saturated carbocycles. The van der Waals surface area contributed by atoms with Gasteiger partial charge in [-0.3, -0.25) is 19.2 Å². The molecular formula is C33H38N4O6. The van der Waals surface area contributed by atoms with E-state index in [1.54, 1.807) is 0 Å². The Morgan fingerprint density at radius 3 is 2.12 bits per heavy atom. The van der Waals surface area contributed by atoms with E-state index in [1.165, 1.54) is 0 Å². The van der Waals surface area contributed by atoms with Crippen LogP contribution in [0.5, 0.6) is 0 Å². The van der Waals surface area contributed by atoms with Gasteiger partial charge >= 0.3 is 11.9 Å².